The van der Waals surface area contributed by atoms with Gasteiger partial charge < -0.3 is 14.6 Å². The van der Waals surface area contributed by atoms with Gasteiger partial charge in [-0.15, -0.1) is 0 Å². The van der Waals surface area contributed by atoms with Crippen LogP contribution in [0.2, 0.25) is 10.0 Å². The van der Waals surface area contributed by atoms with Crippen LogP contribution in [-0.2, 0) is 10.0 Å². The van der Waals surface area contributed by atoms with Gasteiger partial charge in [-0.05, 0) is 43.2 Å². The van der Waals surface area contributed by atoms with Crippen LogP contribution in [0.15, 0.2) is 46.2 Å². The minimum atomic E-state index is -3.87. The number of piperazine rings is 1. The van der Waals surface area contributed by atoms with E-state index in [2.05, 4.69) is 0 Å². The molecule has 5 rings (SSSR count). The Bertz CT molecular complexity index is 1530. The fraction of sp³-hybridized carbons (Fsp3) is 0.304. The smallest absolute Gasteiger partial charge is 0.341 e. The third kappa shape index (κ3) is 4.29. The number of aromatic carboxylic acids is 1. The van der Waals surface area contributed by atoms with E-state index in [0.29, 0.717) is 10.5 Å². The minimum absolute atomic E-state index is 0.0108. The molecule has 1 saturated carbocycles. The highest BCUT2D eigenvalue weighted by Gasteiger charge is 2.32. The van der Waals surface area contributed by atoms with E-state index >= 15 is 4.39 Å². The van der Waals surface area contributed by atoms with Gasteiger partial charge in [0.05, 0.1) is 16.2 Å². The number of hydrogen-bond acceptors (Lipinski definition) is 5. The lowest BCUT2D eigenvalue weighted by Gasteiger charge is -2.35. The van der Waals surface area contributed by atoms with Crippen molar-refractivity contribution in [3.05, 3.63) is 68.2 Å². The van der Waals surface area contributed by atoms with Crippen molar-refractivity contribution in [1.29, 1.82) is 0 Å². The van der Waals surface area contributed by atoms with E-state index in [0.717, 1.165) is 18.9 Å². The Balaban J connectivity index is 1.46. The van der Waals surface area contributed by atoms with Gasteiger partial charge in [0.15, 0.2) is 0 Å². The molecule has 0 radical (unpaired) electrons. The standard InChI is InChI=1S/C23H20Cl2FN3O5S/c24-13-1-4-21(17(25)9-13)35(33,34)28-7-5-27(6-8-28)20-11-19-15(10-18(20)26)22(30)16(23(31)32)12-29(19)14-2-3-14/h1,4,9-12,14H,2-3,5-8H2,(H,31,32). The van der Waals surface area contributed by atoms with Crippen molar-refractivity contribution in [3.8, 4) is 0 Å². The number of aromatic nitrogens is 1. The number of hydrogen-bond donors (Lipinski definition) is 1. The molecule has 1 saturated heterocycles. The molecule has 1 N–H and O–H groups in total. The predicted molar refractivity (Wildman–Crippen MR) is 131 cm³/mol. The number of carboxylic acids is 1. The zero-order valence-corrected chi connectivity index (χ0v) is 20.6. The van der Waals surface area contributed by atoms with Crippen molar-refractivity contribution in [3.63, 3.8) is 0 Å². The zero-order valence-electron chi connectivity index (χ0n) is 18.2. The molecule has 1 aromatic heterocycles. The lowest BCUT2D eigenvalue weighted by atomic mass is 10.1. The second-order valence-corrected chi connectivity index (χ2v) is 11.4. The van der Waals surface area contributed by atoms with Crippen LogP contribution in [0.3, 0.4) is 0 Å². The maximum absolute atomic E-state index is 15.2. The van der Waals surface area contributed by atoms with E-state index in [-0.39, 0.29) is 53.2 Å². The number of halogens is 3. The van der Waals surface area contributed by atoms with Crippen LogP contribution >= 0.6 is 23.2 Å². The first-order valence-electron chi connectivity index (χ1n) is 10.9. The maximum Gasteiger partial charge on any atom is 0.341 e. The number of carbonyl (C=O) groups is 1. The Hall–Kier alpha value is -2.66. The molecule has 8 nitrogen and oxygen atoms in total. The molecule has 2 aromatic carbocycles. The quantitative estimate of drug-likeness (QED) is 0.526. The third-order valence-electron chi connectivity index (χ3n) is 6.36. The summed E-state index contributed by atoms with van der Waals surface area (Å²) in [4.78, 5) is 25.9. The van der Waals surface area contributed by atoms with Crippen LogP contribution in [0.25, 0.3) is 10.9 Å². The highest BCUT2D eigenvalue weighted by molar-refractivity contribution is 7.89. The first-order chi connectivity index (χ1) is 16.6. The van der Waals surface area contributed by atoms with Crippen molar-refractivity contribution in [1.82, 2.24) is 8.87 Å². The van der Waals surface area contributed by atoms with Crippen molar-refractivity contribution in [2.45, 2.75) is 23.8 Å². The molecular formula is C23H20Cl2FN3O5S. The molecule has 1 aliphatic heterocycles. The molecule has 3 aromatic rings. The molecule has 0 atom stereocenters. The number of carboxylic acid groups (broad SMARTS) is 1. The molecular weight excluding hydrogens is 520 g/mol. The van der Waals surface area contributed by atoms with E-state index in [9.17, 15) is 23.1 Å². The molecule has 35 heavy (non-hydrogen) atoms. The van der Waals surface area contributed by atoms with Crippen molar-refractivity contribution in [2.75, 3.05) is 31.1 Å². The van der Waals surface area contributed by atoms with Gasteiger partial charge in [0.1, 0.15) is 16.3 Å². The third-order valence-corrected chi connectivity index (χ3v) is 8.98. The van der Waals surface area contributed by atoms with E-state index in [1.807, 2.05) is 0 Å². The normalized spacial score (nSPS) is 17.2. The average Bonchev–Trinajstić information content (AvgIpc) is 3.64. The van der Waals surface area contributed by atoms with Crippen molar-refractivity contribution < 1.29 is 22.7 Å². The molecule has 0 unspecified atom stereocenters. The predicted octanol–water partition coefficient (Wildman–Crippen LogP) is 3.99. The molecule has 1 aliphatic carbocycles. The lowest BCUT2D eigenvalue weighted by molar-refractivity contribution is 0.0695. The Morgan fingerprint density at radius 3 is 2.34 bits per heavy atom. The van der Waals surface area contributed by atoms with Crippen molar-refractivity contribution >= 4 is 55.8 Å². The van der Waals surface area contributed by atoms with E-state index in [1.54, 1.807) is 15.5 Å². The van der Waals surface area contributed by atoms with Crippen LogP contribution in [0.5, 0.6) is 0 Å². The fourth-order valence-corrected chi connectivity index (χ4v) is 6.57. The number of rotatable bonds is 5. The summed E-state index contributed by atoms with van der Waals surface area (Å²) in [5.74, 6) is -2.02. The summed E-state index contributed by atoms with van der Waals surface area (Å²) in [6, 6.07) is 6.87. The van der Waals surface area contributed by atoms with Crippen LogP contribution in [0.4, 0.5) is 10.1 Å². The van der Waals surface area contributed by atoms with Crippen molar-refractivity contribution in [2.24, 2.45) is 0 Å². The number of nitrogens with zero attached hydrogens (tertiary/aromatic N) is 3. The zero-order chi connectivity index (χ0) is 25.1. The number of pyridine rings is 1. The number of sulfonamides is 1. The Morgan fingerprint density at radius 1 is 1.06 bits per heavy atom. The molecule has 0 bridgehead atoms. The van der Waals surface area contributed by atoms with Gasteiger partial charge in [-0.2, -0.15) is 4.31 Å². The summed E-state index contributed by atoms with van der Waals surface area (Å²) in [6.45, 7) is 0.639. The fourth-order valence-electron chi connectivity index (χ4n) is 4.40. The van der Waals surface area contributed by atoms with Gasteiger partial charge >= 0.3 is 5.97 Å². The lowest BCUT2D eigenvalue weighted by Crippen LogP contribution is -2.49. The number of benzene rings is 2. The summed E-state index contributed by atoms with van der Waals surface area (Å²) < 4.78 is 44.3. The first kappa shape index (κ1) is 24.1. The number of anilines is 1. The second-order valence-electron chi connectivity index (χ2n) is 8.60. The molecule has 2 aliphatic rings. The Morgan fingerprint density at radius 2 is 1.74 bits per heavy atom. The Kier molecular flexibility index (Phi) is 6.03. The SMILES string of the molecule is O=C(O)c1cn(C2CC2)c2cc(N3CCN(S(=O)(=O)c4ccc(Cl)cc4Cl)CC3)c(F)cc2c1=O. The average molecular weight is 540 g/mol. The number of fused-ring (bicyclic) bond motifs is 1. The van der Waals surface area contributed by atoms with E-state index in [1.165, 1.54) is 28.7 Å². The largest absolute Gasteiger partial charge is 0.477 e. The van der Waals surface area contributed by atoms with Crippen LogP contribution in [-0.4, -0.2) is 54.5 Å². The monoisotopic (exact) mass is 539 g/mol. The van der Waals surface area contributed by atoms with Gasteiger partial charge in [-0.3, -0.25) is 4.79 Å². The van der Waals surface area contributed by atoms with Gasteiger partial charge in [0.2, 0.25) is 15.5 Å². The van der Waals surface area contributed by atoms with Crippen LogP contribution < -0.4 is 10.3 Å². The topological polar surface area (TPSA) is 99.9 Å². The maximum atomic E-state index is 15.2. The van der Waals surface area contributed by atoms with Gasteiger partial charge in [0, 0.05) is 48.8 Å². The summed E-state index contributed by atoms with van der Waals surface area (Å²) in [5.41, 5.74) is -0.431. The molecule has 0 spiro atoms. The molecule has 2 fully saturated rings. The summed E-state index contributed by atoms with van der Waals surface area (Å²) in [5, 5.41) is 9.76. The summed E-state index contributed by atoms with van der Waals surface area (Å²) >= 11 is 12.0. The minimum Gasteiger partial charge on any atom is -0.477 e. The Labute approximate surface area is 210 Å². The van der Waals surface area contributed by atoms with E-state index < -0.39 is 32.8 Å². The van der Waals surface area contributed by atoms with Gasteiger partial charge in [-0.25, -0.2) is 17.6 Å². The van der Waals surface area contributed by atoms with E-state index in [4.69, 9.17) is 23.2 Å². The summed E-state index contributed by atoms with van der Waals surface area (Å²) in [6.07, 6.45) is 3.01. The summed E-state index contributed by atoms with van der Waals surface area (Å²) in [7, 11) is -3.87. The molecule has 2 heterocycles. The molecule has 184 valence electrons. The molecule has 0 amide bonds. The van der Waals surface area contributed by atoms with Gasteiger partial charge in [0.25, 0.3) is 0 Å². The first-order valence-corrected chi connectivity index (χ1v) is 13.1. The van der Waals surface area contributed by atoms with Crippen LogP contribution in [0, 0.1) is 5.82 Å². The highest BCUT2D eigenvalue weighted by Crippen LogP contribution is 2.38. The second kappa shape index (κ2) is 8.77. The molecule has 12 heteroatoms. The highest BCUT2D eigenvalue weighted by atomic mass is 35.5. The van der Waals surface area contributed by atoms with Crippen LogP contribution in [0.1, 0.15) is 29.2 Å². The van der Waals surface area contributed by atoms with Gasteiger partial charge in [-0.1, -0.05) is 23.2 Å².